The van der Waals surface area contributed by atoms with E-state index in [2.05, 4.69) is 5.32 Å². The van der Waals surface area contributed by atoms with Crippen molar-refractivity contribution in [1.82, 2.24) is 5.32 Å². The topological polar surface area (TPSA) is 71.0 Å². The Labute approximate surface area is 164 Å². The van der Waals surface area contributed by atoms with E-state index in [-0.39, 0.29) is 24.3 Å². The van der Waals surface area contributed by atoms with Crippen LogP contribution in [0.25, 0.3) is 0 Å². The standard InChI is InChI=1S/C22H23N3O3/c1-28-16-7-4-6-15(12-16)13-23-21(26)14-25-20-11-3-2-9-19(20)24-18-10-5-8-17(18)22(25)27/h2-4,6-7,9,11-12,17H,5,8,10,13-14H2,1H3,(H,23,26)/t17-/m0/s1. The zero-order valence-corrected chi connectivity index (χ0v) is 15.9. The first-order valence-corrected chi connectivity index (χ1v) is 9.53. The summed E-state index contributed by atoms with van der Waals surface area (Å²) in [6.07, 6.45) is 2.61. The van der Waals surface area contributed by atoms with Crippen LogP contribution in [-0.2, 0) is 16.1 Å². The van der Waals surface area contributed by atoms with Crippen molar-refractivity contribution in [1.29, 1.82) is 0 Å². The van der Waals surface area contributed by atoms with E-state index in [1.807, 2.05) is 48.5 Å². The highest BCUT2D eigenvalue weighted by Gasteiger charge is 2.36. The average Bonchev–Trinajstić information content (AvgIpc) is 3.15. The van der Waals surface area contributed by atoms with Gasteiger partial charge in [-0.25, -0.2) is 0 Å². The Morgan fingerprint density at radius 2 is 2.11 bits per heavy atom. The summed E-state index contributed by atoms with van der Waals surface area (Å²) < 4.78 is 5.21. The van der Waals surface area contributed by atoms with Crippen molar-refractivity contribution >= 4 is 28.9 Å². The summed E-state index contributed by atoms with van der Waals surface area (Å²) in [4.78, 5) is 32.1. The van der Waals surface area contributed by atoms with Crippen molar-refractivity contribution in [3.63, 3.8) is 0 Å². The number of carbonyl (C=O) groups is 2. The van der Waals surface area contributed by atoms with E-state index in [9.17, 15) is 9.59 Å². The van der Waals surface area contributed by atoms with Gasteiger partial charge in [0.25, 0.3) is 0 Å². The SMILES string of the molecule is COc1cccc(CNC(=O)CN2C(=O)[C@H]3CCCC3=Nc3ccccc32)c1. The second-order valence-electron chi connectivity index (χ2n) is 7.09. The molecule has 0 bridgehead atoms. The molecule has 1 fully saturated rings. The van der Waals surface area contributed by atoms with Crippen molar-refractivity contribution in [3.8, 4) is 5.75 Å². The number of carbonyl (C=O) groups excluding carboxylic acids is 2. The van der Waals surface area contributed by atoms with Crippen LogP contribution in [0.2, 0.25) is 0 Å². The van der Waals surface area contributed by atoms with Crippen LogP contribution in [0.3, 0.4) is 0 Å². The molecule has 28 heavy (non-hydrogen) atoms. The number of fused-ring (bicyclic) bond motifs is 2. The minimum atomic E-state index is -0.210. The van der Waals surface area contributed by atoms with Gasteiger partial charge < -0.3 is 15.0 Å². The van der Waals surface area contributed by atoms with Gasteiger partial charge in [-0.3, -0.25) is 14.6 Å². The van der Waals surface area contributed by atoms with E-state index in [4.69, 9.17) is 9.73 Å². The minimum Gasteiger partial charge on any atom is -0.497 e. The molecule has 2 amide bonds. The van der Waals surface area contributed by atoms with Crippen LogP contribution in [0.4, 0.5) is 11.4 Å². The molecular weight excluding hydrogens is 354 g/mol. The van der Waals surface area contributed by atoms with Crippen molar-refractivity contribution in [2.45, 2.75) is 25.8 Å². The Balaban J connectivity index is 1.50. The van der Waals surface area contributed by atoms with E-state index < -0.39 is 0 Å². The van der Waals surface area contributed by atoms with Gasteiger partial charge in [-0.2, -0.15) is 0 Å². The van der Waals surface area contributed by atoms with Crippen molar-refractivity contribution in [2.75, 3.05) is 18.6 Å². The van der Waals surface area contributed by atoms with E-state index in [1.54, 1.807) is 12.0 Å². The molecule has 4 rings (SSSR count). The Hall–Kier alpha value is -3.15. The van der Waals surface area contributed by atoms with Gasteiger partial charge >= 0.3 is 0 Å². The highest BCUT2D eigenvalue weighted by Crippen LogP contribution is 2.37. The number of para-hydroxylation sites is 2. The maximum absolute atomic E-state index is 13.1. The van der Waals surface area contributed by atoms with E-state index >= 15 is 0 Å². The Morgan fingerprint density at radius 3 is 2.96 bits per heavy atom. The molecule has 0 unspecified atom stereocenters. The van der Waals surface area contributed by atoms with Gasteiger partial charge in [-0.05, 0) is 49.1 Å². The molecule has 1 atom stereocenters. The molecule has 2 aliphatic rings. The van der Waals surface area contributed by atoms with Crippen LogP contribution in [0.15, 0.2) is 53.5 Å². The molecule has 0 spiro atoms. The smallest absolute Gasteiger partial charge is 0.240 e. The number of amides is 2. The number of nitrogens with zero attached hydrogens (tertiary/aromatic N) is 2. The minimum absolute atomic E-state index is 0.0148. The first-order chi connectivity index (χ1) is 13.7. The average molecular weight is 377 g/mol. The summed E-state index contributed by atoms with van der Waals surface area (Å²) in [5.41, 5.74) is 3.34. The van der Waals surface area contributed by atoms with Crippen LogP contribution in [-0.4, -0.2) is 31.2 Å². The molecule has 2 aromatic rings. The highest BCUT2D eigenvalue weighted by atomic mass is 16.5. The second-order valence-corrected chi connectivity index (χ2v) is 7.09. The highest BCUT2D eigenvalue weighted by molar-refractivity contribution is 6.16. The maximum atomic E-state index is 13.1. The van der Waals surface area contributed by atoms with Gasteiger partial charge in [0.15, 0.2) is 0 Å². The van der Waals surface area contributed by atoms with Gasteiger partial charge in [0.2, 0.25) is 11.8 Å². The van der Waals surface area contributed by atoms with Gasteiger partial charge in [-0.15, -0.1) is 0 Å². The lowest BCUT2D eigenvalue weighted by Gasteiger charge is -2.24. The fourth-order valence-electron chi connectivity index (χ4n) is 3.82. The molecule has 2 aromatic carbocycles. The van der Waals surface area contributed by atoms with Crippen LogP contribution >= 0.6 is 0 Å². The number of aliphatic imine (C=N–C) groups is 1. The predicted molar refractivity (Wildman–Crippen MR) is 108 cm³/mol. The molecule has 0 aromatic heterocycles. The summed E-state index contributed by atoms with van der Waals surface area (Å²) in [5.74, 6) is 0.304. The van der Waals surface area contributed by atoms with Crippen LogP contribution in [0, 0.1) is 5.92 Å². The molecule has 1 heterocycles. The number of hydrogen-bond donors (Lipinski definition) is 1. The van der Waals surface area contributed by atoms with Crippen molar-refractivity contribution in [2.24, 2.45) is 10.9 Å². The molecule has 1 aliphatic heterocycles. The molecule has 0 radical (unpaired) electrons. The van der Waals surface area contributed by atoms with Crippen LogP contribution in [0.5, 0.6) is 5.75 Å². The summed E-state index contributed by atoms with van der Waals surface area (Å²) in [7, 11) is 1.61. The number of nitrogens with one attached hydrogen (secondary N) is 1. The quantitative estimate of drug-likeness (QED) is 0.870. The Kier molecular flexibility index (Phi) is 5.10. The zero-order valence-electron chi connectivity index (χ0n) is 15.9. The van der Waals surface area contributed by atoms with Crippen LogP contribution in [0.1, 0.15) is 24.8 Å². The van der Waals surface area contributed by atoms with Crippen molar-refractivity contribution in [3.05, 3.63) is 54.1 Å². The maximum Gasteiger partial charge on any atom is 0.240 e. The normalized spacial score (nSPS) is 18.0. The molecule has 1 aliphatic carbocycles. The van der Waals surface area contributed by atoms with E-state index in [0.29, 0.717) is 12.2 Å². The van der Waals surface area contributed by atoms with E-state index in [0.717, 1.165) is 42.0 Å². The zero-order chi connectivity index (χ0) is 19.5. The van der Waals surface area contributed by atoms with Gasteiger partial charge in [0.05, 0.1) is 24.4 Å². The number of ether oxygens (including phenoxy) is 1. The fourth-order valence-corrected chi connectivity index (χ4v) is 3.82. The third kappa shape index (κ3) is 3.63. The lowest BCUT2D eigenvalue weighted by molar-refractivity contribution is -0.124. The number of rotatable bonds is 5. The van der Waals surface area contributed by atoms with Crippen molar-refractivity contribution < 1.29 is 14.3 Å². The van der Waals surface area contributed by atoms with Gasteiger partial charge in [0.1, 0.15) is 12.3 Å². The van der Waals surface area contributed by atoms with E-state index in [1.165, 1.54) is 0 Å². The predicted octanol–water partition coefficient (Wildman–Crippen LogP) is 3.23. The first-order valence-electron chi connectivity index (χ1n) is 9.53. The molecule has 6 nitrogen and oxygen atoms in total. The third-order valence-corrected chi connectivity index (χ3v) is 5.25. The van der Waals surface area contributed by atoms with Crippen LogP contribution < -0.4 is 15.0 Å². The Morgan fingerprint density at radius 1 is 1.25 bits per heavy atom. The first kappa shape index (κ1) is 18.2. The molecular formula is C22H23N3O3. The summed E-state index contributed by atoms with van der Waals surface area (Å²) >= 11 is 0. The third-order valence-electron chi connectivity index (χ3n) is 5.25. The molecule has 1 saturated carbocycles. The molecule has 1 N–H and O–H groups in total. The number of anilines is 1. The summed E-state index contributed by atoms with van der Waals surface area (Å²) in [5, 5.41) is 2.90. The summed E-state index contributed by atoms with van der Waals surface area (Å²) in [6.45, 7) is 0.365. The lowest BCUT2D eigenvalue weighted by atomic mass is 10.1. The largest absolute Gasteiger partial charge is 0.497 e. The number of benzene rings is 2. The number of methoxy groups -OCH3 is 1. The molecule has 0 saturated heterocycles. The monoisotopic (exact) mass is 377 g/mol. The van der Waals surface area contributed by atoms with Gasteiger partial charge in [-0.1, -0.05) is 24.3 Å². The molecule has 6 heteroatoms. The number of hydrogen-bond acceptors (Lipinski definition) is 4. The van der Waals surface area contributed by atoms with Gasteiger partial charge in [0, 0.05) is 12.3 Å². The molecule has 144 valence electrons. The summed E-state index contributed by atoms with van der Waals surface area (Å²) in [6, 6.07) is 15.1. The fraction of sp³-hybridized carbons (Fsp3) is 0.318. The lowest BCUT2D eigenvalue weighted by Crippen LogP contribution is -2.43. The second kappa shape index (κ2) is 7.84. The Bertz CT molecular complexity index is 938.